The molecule has 98 valence electrons. The number of anilines is 1. The van der Waals surface area contributed by atoms with Crippen molar-refractivity contribution in [2.75, 3.05) is 5.73 Å². The van der Waals surface area contributed by atoms with Gasteiger partial charge >= 0.3 is 0 Å². The Kier molecular flexibility index (Phi) is 4.66. The quantitative estimate of drug-likeness (QED) is 0.627. The van der Waals surface area contributed by atoms with Crippen molar-refractivity contribution >= 4 is 45.8 Å². The summed E-state index contributed by atoms with van der Waals surface area (Å²) in [4.78, 5) is 12.1. The smallest absolute Gasteiger partial charge is 0.252 e. The molecule has 0 heterocycles. The van der Waals surface area contributed by atoms with Gasteiger partial charge in [0.05, 0.1) is 5.56 Å². The maximum Gasteiger partial charge on any atom is 0.252 e. The van der Waals surface area contributed by atoms with Crippen molar-refractivity contribution in [2.45, 2.75) is 6.54 Å². The van der Waals surface area contributed by atoms with E-state index in [1.807, 2.05) is 30.3 Å². The van der Waals surface area contributed by atoms with Crippen molar-refractivity contribution in [3.63, 3.8) is 0 Å². The maximum atomic E-state index is 12.1. The van der Waals surface area contributed by atoms with Crippen molar-refractivity contribution in [3.8, 4) is 0 Å². The van der Waals surface area contributed by atoms with Gasteiger partial charge in [-0.25, -0.2) is 0 Å². The average molecular weight is 387 g/mol. The Morgan fingerprint density at radius 2 is 1.89 bits per heavy atom. The molecule has 1 amide bonds. The molecule has 0 saturated heterocycles. The third kappa shape index (κ3) is 3.84. The highest BCUT2D eigenvalue weighted by atomic mass is 127. The van der Waals surface area contributed by atoms with Crippen molar-refractivity contribution in [1.82, 2.24) is 5.32 Å². The summed E-state index contributed by atoms with van der Waals surface area (Å²) >= 11 is 8.01. The zero-order valence-electron chi connectivity index (χ0n) is 9.99. The van der Waals surface area contributed by atoms with E-state index in [9.17, 15) is 4.79 Å². The Morgan fingerprint density at radius 3 is 2.58 bits per heavy atom. The standard InChI is InChI=1S/C14H12ClIN2O/c15-10-3-6-13(16)12(7-10)14(19)18-8-9-1-4-11(17)5-2-9/h1-7H,8,17H2,(H,18,19). The molecule has 0 aliphatic heterocycles. The fourth-order valence-corrected chi connectivity index (χ4v) is 2.34. The molecule has 2 rings (SSSR count). The van der Waals surface area contributed by atoms with Gasteiger partial charge in [-0.15, -0.1) is 0 Å². The van der Waals surface area contributed by atoms with Crippen LogP contribution in [0.2, 0.25) is 5.02 Å². The van der Waals surface area contributed by atoms with Crippen molar-refractivity contribution in [2.24, 2.45) is 0 Å². The molecule has 19 heavy (non-hydrogen) atoms. The molecular weight excluding hydrogens is 375 g/mol. The second-order valence-electron chi connectivity index (χ2n) is 4.05. The minimum Gasteiger partial charge on any atom is -0.399 e. The second-order valence-corrected chi connectivity index (χ2v) is 5.65. The van der Waals surface area contributed by atoms with E-state index in [0.29, 0.717) is 22.8 Å². The number of halogens is 2. The summed E-state index contributed by atoms with van der Waals surface area (Å²) in [5, 5.41) is 3.41. The number of rotatable bonds is 3. The van der Waals surface area contributed by atoms with Crippen LogP contribution in [0.25, 0.3) is 0 Å². The summed E-state index contributed by atoms with van der Waals surface area (Å²) in [6, 6.07) is 12.6. The Bertz CT molecular complexity index is 599. The van der Waals surface area contributed by atoms with Crippen LogP contribution in [-0.2, 0) is 6.54 Å². The lowest BCUT2D eigenvalue weighted by molar-refractivity contribution is 0.0950. The van der Waals surface area contributed by atoms with E-state index in [1.165, 1.54) is 0 Å². The first-order valence-corrected chi connectivity index (χ1v) is 7.09. The minimum atomic E-state index is -0.135. The normalized spacial score (nSPS) is 10.2. The molecule has 0 aliphatic rings. The number of hydrogen-bond donors (Lipinski definition) is 2. The van der Waals surface area contributed by atoms with Crippen LogP contribution < -0.4 is 11.1 Å². The first-order chi connectivity index (χ1) is 9.06. The van der Waals surface area contributed by atoms with Crippen molar-refractivity contribution in [3.05, 3.63) is 62.2 Å². The van der Waals surface area contributed by atoms with E-state index in [0.717, 1.165) is 9.13 Å². The Morgan fingerprint density at radius 1 is 1.21 bits per heavy atom. The van der Waals surface area contributed by atoms with E-state index in [-0.39, 0.29) is 5.91 Å². The molecule has 2 aromatic rings. The van der Waals surface area contributed by atoms with Crippen molar-refractivity contribution < 1.29 is 4.79 Å². The maximum absolute atomic E-state index is 12.1. The predicted octanol–water partition coefficient (Wildman–Crippen LogP) is 3.46. The van der Waals surface area contributed by atoms with Crippen LogP contribution in [-0.4, -0.2) is 5.91 Å². The lowest BCUT2D eigenvalue weighted by Crippen LogP contribution is -2.23. The van der Waals surface area contributed by atoms with Crippen LogP contribution in [0.5, 0.6) is 0 Å². The van der Waals surface area contributed by atoms with Crippen LogP contribution in [0.4, 0.5) is 5.69 Å². The van der Waals surface area contributed by atoms with Gasteiger partial charge in [0.15, 0.2) is 0 Å². The number of carbonyl (C=O) groups is 1. The molecule has 5 heteroatoms. The number of nitrogens with one attached hydrogen (secondary N) is 1. The van der Waals surface area contributed by atoms with Crippen LogP contribution in [0.15, 0.2) is 42.5 Å². The summed E-state index contributed by atoms with van der Waals surface area (Å²) in [5.41, 5.74) is 7.90. The third-order valence-electron chi connectivity index (χ3n) is 2.61. The van der Waals surface area contributed by atoms with E-state index in [2.05, 4.69) is 27.9 Å². The average Bonchev–Trinajstić information content (AvgIpc) is 2.40. The fourth-order valence-electron chi connectivity index (χ4n) is 1.58. The molecule has 0 radical (unpaired) electrons. The Labute approximate surface area is 130 Å². The van der Waals surface area contributed by atoms with E-state index in [4.69, 9.17) is 17.3 Å². The van der Waals surface area contributed by atoms with Gasteiger partial charge in [0.2, 0.25) is 0 Å². The lowest BCUT2D eigenvalue weighted by Gasteiger charge is -2.07. The number of nitrogen functional groups attached to an aromatic ring is 1. The molecule has 0 saturated carbocycles. The number of carbonyl (C=O) groups excluding carboxylic acids is 1. The predicted molar refractivity (Wildman–Crippen MR) is 86.2 cm³/mol. The van der Waals surface area contributed by atoms with Gasteiger partial charge < -0.3 is 11.1 Å². The summed E-state index contributed by atoms with van der Waals surface area (Å²) in [5.74, 6) is -0.135. The third-order valence-corrected chi connectivity index (χ3v) is 3.78. The molecular formula is C14H12ClIN2O. The van der Waals surface area contributed by atoms with E-state index < -0.39 is 0 Å². The molecule has 0 aliphatic carbocycles. The zero-order chi connectivity index (χ0) is 13.8. The number of benzene rings is 2. The zero-order valence-corrected chi connectivity index (χ0v) is 12.9. The highest BCUT2D eigenvalue weighted by molar-refractivity contribution is 14.1. The van der Waals surface area contributed by atoms with Gasteiger partial charge in [-0.3, -0.25) is 4.79 Å². The summed E-state index contributed by atoms with van der Waals surface area (Å²) in [7, 11) is 0. The first-order valence-electron chi connectivity index (χ1n) is 5.64. The van der Waals surface area contributed by atoms with Crippen LogP contribution in [0.1, 0.15) is 15.9 Å². The highest BCUT2D eigenvalue weighted by Crippen LogP contribution is 2.18. The van der Waals surface area contributed by atoms with Gasteiger partial charge in [0, 0.05) is 20.8 Å². The summed E-state index contributed by atoms with van der Waals surface area (Å²) in [6.45, 7) is 0.460. The molecule has 0 fully saturated rings. The lowest BCUT2D eigenvalue weighted by atomic mass is 10.2. The highest BCUT2D eigenvalue weighted by Gasteiger charge is 2.10. The second kappa shape index (κ2) is 6.25. The molecule has 0 atom stereocenters. The molecule has 0 bridgehead atoms. The minimum absolute atomic E-state index is 0.135. The molecule has 3 nitrogen and oxygen atoms in total. The van der Waals surface area contributed by atoms with Gasteiger partial charge in [0.25, 0.3) is 5.91 Å². The molecule has 0 aromatic heterocycles. The SMILES string of the molecule is Nc1ccc(CNC(=O)c2cc(Cl)ccc2I)cc1. The first kappa shape index (κ1) is 14.1. The molecule has 0 unspecified atom stereocenters. The molecule has 3 N–H and O–H groups in total. The molecule has 0 spiro atoms. The van der Waals surface area contributed by atoms with Gasteiger partial charge in [0.1, 0.15) is 0 Å². The largest absolute Gasteiger partial charge is 0.399 e. The number of nitrogens with two attached hydrogens (primary N) is 1. The van der Waals surface area contributed by atoms with Gasteiger partial charge in [-0.2, -0.15) is 0 Å². The van der Waals surface area contributed by atoms with Crippen molar-refractivity contribution in [1.29, 1.82) is 0 Å². The van der Waals surface area contributed by atoms with Crippen LogP contribution >= 0.6 is 34.2 Å². The Balaban J connectivity index is 2.05. The topological polar surface area (TPSA) is 55.1 Å². The monoisotopic (exact) mass is 386 g/mol. The fraction of sp³-hybridized carbons (Fsp3) is 0.0714. The molecule has 2 aromatic carbocycles. The van der Waals surface area contributed by atoms with Crippen LogP contribution in [0.3, 0.4) is 0 Å². The summed E-state index contributed by atoms with van der Waals surface area (Å²) in [6.07, 6.45) is 0. The number of amides is 1. The van der Waals surface area contributed by atoms with Gasteiger partial charge in [-0.05, 0) is 58.5 Å². The number of hydrogen-bond acceptors (Lipinski definition) is 2. The van der Waals surface area contributed by atoms with Crippen LogP contribution in [0, 0.1) is 3.57 Å². The van der Waals surface area contributed by atoms with Gasteiger partial charge in [-0.1, -0.05) is 23.7 Å². The summed E-state index contributed by atoms with van der Waals surface area (Å²) < 4.78 is 0.872. The van der Waals surface area contributed by atoms with E-state index in [1.54, 1.807) is 12.1 Å². The Hall–Kier alpha value is -1.27. The van der Waals surface area contributed by atoms with E-state index >= 15 is 0 Å².